The van der Waals surface area contributed by atoms with Crippen molar-refractivity contribution in [1.29, 1.82) is 0 Å². The Balaban J connectivity index is 2.22. The molecule has 0 bridgehead atoms. The van der Waals surface area contributed by atoms with Crippen LogP contribution in [0.4, 0.5) is 0 Å². The van der Waals surface area contributed by atoms with Gasteiger partial charge in [-0.15, -0.1) is 0 Å². The van der Waals surface area contributed by atoms with Crippen molar-refractivity contribution < 1.29 is 24.2 Å². The highest BCUT2D eigenvalue weighted by molar-refractivity contribution is 5.94. The minimum atomic E-state index is -1.07. The quantitative estimate of drug-likeness (QED) is 0.784. The molecule has 0 aromatic heterocycles. The third kappa shape index (κ3) is 4.75. The van der Waals surface area contributed by atoms with Gasteiger partial charge in [0, 0.05) is 12.1 Å². The average Bonchev–Trinajstić information content (AvgIpc) is 2.67. The van der Waals surface area contributed by atoms with Crippen LogP contribution in [0.5, 0.6) is 11.5 Å². The second-order valence-electron chi connectivity index (χ2n) is 5.75. The lowest BCUT2D eigenvalue weighted by molar-refractivity contribution is -0.139. The van der Waals surface area contributed by atoms with E-state index in [1.54, 1.807) is 36.3 Å². The summed E-state index contributed by atoms with van der Waals surface area (Å²) in [6, 6.07) is 14.0. The zero-order valence-corrected chi connectivity index (χ0v) is 15.1. The Morgan fingerprint density at radius 1 is 1.12 bits per heavy atom. The summed E-state index contributed by atoms with van der Waals surface area (Å²) < 4.78 is 10.4. The molecule has 1 amide bonds. The summed E-state index contributed by atoms with van der Waals surface area (Å²) in [6.07, 6.45) is 0. The average molecular weight is 357 g/mol. The number of ether oxygens (including phenoxy) is 2. The van der Waals surface area contributed by atoms with Gasteiger partial charge in [-0.3, -0.25) is 4.79 Å². The Kier molecular flexibility index (Phi) is 6.60. The fourth-order valence-corrected chi connectivity index (χ4v) is 2.70. The van der Waals surface area contributed by atoms with Crippen molar-refractivity contribution in [2.24, 2.45) is 0 Å². The van der Waals surface area contributed by atoms with Crippen molar-refractivity contribution in [3.63, 3.8) is 0 Å². The predicted octanol–water partition coefficient (Wildman–Crippen LogP) is 3.38. The van der Waals surface area contributed by atoms with E-state index < -0.39 is 12.6 Å². The standard InChI is InChI=1S/C20H23NO5/c1-4-21(14(2)15-7-5-9-17(11-15)25-3)20(24)16-8-6-10-18(12-16)26-13-19(22)23/h5-12,14H,4,13H2,1-3H3,(H,22,23). The molecule has 0 saturated heterocycles. The molecule has 1 N–H and O–H groups in total. The van der Waals surface area contributed by atoms with Crippen LogP contribution in [0.2, 0.25) is 0 Å². The number of methoxy groups -OCH3 is 1. The van der Waals surface area contributed by atoms with Gasteiger partial charge in [0.05, 0.1) is 13.2 Å². The van der Waals surface area contributed by atoms with Crippen LogP contribution < -0.4 is 9.47 Å². The van der Waals surface area contributed by atoms with Crippen LogP contribution in [0.25, 0.3) is 0 Å². The number of carboxylic acids is 1. The Bertz CT molecular complexity index is 774. The monoisotopic (exact) mass is 357 g/mol. The molecule has 1 atom stereocenters. The van der Waals surface area contributed by atoms with Gasteiger partial charge in [-0.25, -0.2) is 4.79 Å². The first-order valence-electron chi connectivity index (χ1n) is 8.35. The van der Waals surface area contributed by atoms with Crippen LogP contribution in [-0.2, 0) is 4.79 Å². The van der Waals surface area contributed by atoms with Gasteiger partial charge < -0.3 is 19.5 Å². The second-order valence-corrected chi connectivity index (χ2v) is 5.75. The van der Waals surface area contributed by atoms with E-state index in [0.29, 0.717) is 17.9 Å². The van der Waals surface area contributed by atoms with Crippen molar-refractivity contribution >= 4 is 11.9 Å². The van der Waals surface area contributed by atoms with Gasteiger partial charge in [-0.05, 0) is 49.7 Å². The molecule has 0 aliphatic carbocycles. The first-order valence-corrected chi connectivity index (χ1v) is 8.35. The van der Waals surface area contributed by atoms with Crippen LogP contribution in [0.15, 0.2) is 48.5 Å². The Morgan fingerprint density at radius 2 is 1.81 bits per heavy atom. The third-order valence-corrected chi connectivity index (χ3v) is 4.09. The molecule has 6 nitrogen and oxygen atoms in total. The molecule has 2 rings (SSSR count). The van der Waals surface area contributed by atoms with Crippen LogP contribution >= 0.6 is 0 Å². The number of carbonyl (C=O) groups excluding carboxylic acids is 1. The molecule has 0 spiro atoms. The number of carboxylic acid groups (broad SMARTS) is 1. The van der Waals surface area contributed by atoms with E-state index in [1.807, 2.05) is 38.1 Å². The van der Waals surface area contributed by atoms with E-state index in [1.165, 1.54) is 0 Å². The van der Waals surface area contributed by atoms with Crippen LogP contribution in [0, 0.1) is 0 Å². The molecule has 0 heterocycles. The highest BCUT2D eigenvalue weighted by Gasteiger charge is 2.22. The van der Waals surface area contributed by atoms with Crippen molar-refractivity contribution in [2.75, 3.05) is 20.3 Å². The molecule has 0 saturated carbocycles. The largest absolute Gasteiger partial charge is 0.497 e. The Labute approximate surface area is 153 Å². The fourth-order valence-electron chi connectivity index (χ4n) is 2.70. The molecular formula is C20H23NO5. The lowest BCUT2D eigenvalue weighted by Gasteiger charge is -2.29. The van der Waals surface area contributed by atoms with Crippen LogP contribution in [0.3, 0.4) is 0 Å². The third-order valence-electron chi connectivity index (χ3n) is 4.09. The van der Waals surface area contributed by atoms with Crippen molar-refractivity contribution in [1.82, 2.24) is 4.90 Å². The molecular weight excluding hydrogens is 334 g/mol. The van der Waals surface area contributed by atoms with Gasteiger partial charge in [0.1, 0.15) is 11.5 Å². The number of benzene rings is 2. The molecule has 1 unspecified atom stereocenters. The first-order chi connectivity index (χ1) is 12.5. The van der Waals surface area contributed by atoms with Crippen molar-refractivity contribution in [3.05, 3.63) is 59.7 Å². The summed E-state index contributed by atoms with van der Waals surface area (Å²) in [5.74, 6) is -0.127. The second kappa shape index (κ2) is 8.89. The van der Waals surface area contributed by atoms with Crippen molar-refractivity contribution in [3.8, 4) is 11.5 Å². The van der Waals surface area contributed by atoms with Gasteiger partial charge >= 0.3 is 5.97 Å². The van der Waals surface area contributed by atoms with E-state index in [2.05, 4.69) is 0 Å². The van der Waals surface area contributed by atoms with E-state index in [0.717, 1.165) is 11.3 Å². The molecule has 138 valence electrons. The summed E-state index contributed by atoms with van der Waals surface area (Å²) in [7, 11) is 1.61. The Hall–Kier alpha value is -3.02. The molecule has 2 aromatic rings. The number of nitrogens with zero attached hydrogens (tertiary/aromatic N) is 1. The molecule has 0 radical (unpaired) electrons. The number of hydrogen-bond acceptors (Lipinski definition) is 4. The number of carbonyl (C=O) groups is 2. The first kappa shape index (κ1) is 19.3. The van der Waals surface area contributed by atoms with Crippen molar-refractivity contribution in [2.45, 2.75) is 19.9 Å². The minimum Gasteiger partial charge on any atom is -0.497 e. The summed E-state index contributed by atoms with van der Waals surface area (Å²) in [6.45, 7) is 3.95. The SMILES string of the molecule is CCN(C(=O)c1cccc(OCC(=O)O)c1)C(C)c1cccc(OC)c1. The number of rotatable bonds is 8. The lowest BCUT2D eigenvalue weighted by Crippen LogP contribution is -2.33. The molecule has 0 aliphatic heterocycles. The maximum atomic E-state index is 13.0. The summed E-state index contributed by atoms with van der Waals surface area (Å²) in [5, 5.41) is 8.71. The predicted molar refractivity (Wildman–Crippen MR) is 97.7 cm³/mol. The molecule has 2 aromatic carbocycles. The smallest absolute Gasteiger partial charge is 0.341 e. The van der Waals surface area contributed by atoms with E-state index in [4.69, 9.17) is 14.6 Å². The molecule has 0 aliphatic rings. The zero-order valence-electron chi connectivity index (χ0n) is 15.1. The van der Waals surface area contributed by atoms with Gasteiger partial charge in [0.25, 0.3) is 5.91 Å². The summed E-state index contributed by atoms with van der Waals surface area (Å²) >= 11 is 0. The molecule has 0 fully saturated rings. The topological polar surface area (TPSA) is 76.1 Å². The minimum absolute atomic E-state index is 0.147. The normalized spacial score (nSPS) is 11.5. The summed E-state index contributed by atoms with van der Waals surface area (Å²) in [4.78, 5) is 25.3. The number of amides is 1. The maximum absolute atomic E-state index is 13.0. The Morgan fingerprint density at radius 3 is 2.46 bits per heavy atom. The van der Waals surface area contributed by atoms with Crippen LogP contribution in [0.1, 0.15) is 35.8 Å². The van der Waals surface area contributed by atoms with Gasteiger partial charge in [-0.1, -0.05) is 18.2 Å². The van der Waals surface area contributed by atoms with Gasteiger partial charge in [0.15, 0.2) is 6.61 Å². The highest BCUT2D eigenvalue weighted by Crippen LogP contribution is 2.26. The fraction of sp³-hybridized carbons (Fsp3) is 0.300. The summed E-state index contributed by atoms with van der Waals surface area (Å²) in [5.41, 5.74) is 1.42. The van der Waals surface area contributed by atoms with Crippen LogP contribution in [-0.4, -0.2) is 42.1 Å². The zero-order chi connectivity index (χ0) is 19.1. The van der Waals surface area contributed by atoms with Gasteiger partial charge in [-0.2, -0.15) is 0 Å². The van der Waals surface area contributed by atoms with E-state index in [9.17, 15) is 9.59 Å². The maximum Gasteiger partial charge on any atom is 0.341 e. The molecule has 26 heavy (non-hydrogen) atoms. The number of aliphatic carboxylic acids is 1. The molecule has 6 heteroatoms. The highest BCUT2D eigenvalue weighted by atomic mass is 16.5. The lowest BCUT2D eigenvalue weighted by atomic mass is 10.0. The van der Waals surface area contributed by atoms with Gasteiger partial charge in [0.2, 0.25) is 0 Å². The number of hydrogen-bond donors (Lipinski definition) is 1. The van der Waals surface area contributed by atoms with E-state index in [-0.39, 0.29) is 11.9 Å². The van der Waals surface area contributed by atoms with E-state index >= 15 is 0 Å².